The van der Waals surface area contributed by atoms with Gasteiger partial charge in [-0.3, -0.25) is 14.6 Å². The number of amides is 1. The molecule has 0 aliphatic rings. The molecule has 0 unspecified atom stereocenters. The monoisotopic (exact) mass is 574 g/mol. The van der Waals surface area contributed by atoms with Gasteiger partial charge in [-0.05, 0) is 58.6 Å². The fourth-order valence-electron chi connectivity index (χ4n) is 4.67. The Labute approximate surface area is 236 Å². The molecule has 206 valence electrons. The molecule has 0 aliphatic carbocycles. The minimum atomic E-state index is -4.47. The quantitative estimate of drug-likeness (QED) is 0.208. The maximum Gasteiger partial charge on any atom is 0.416 e. The number of nitrogen functional groups attached to an aromatic ring is 1. The summed E-state index contributed by atoms with van der Waals surface area (Å²) >= 11 is 1.10. The molecule has 3 aromatic carbocycles. The predicted molar refractivity (Wildman–Crippen MR) is 152 cm³/mol. The van der Waals surface area contributed by atoms with E-state index >= 15 is 0 Å². The van der Waals surface area contributed by atoms with Crippen LogP contribution < -0.4 is 15.7 Å². The van der Waals surface area contributed by atoms with Crippen LogP contribution in [0.4, 0.5) is 24.7 Å². The van der Waals surface area contributed by atoms with Gasteiger partial charge in [-0.2, -0.15) is 13.2 Å². The van der Waals surface area contributed by atoms with Crippen LogP contribution >= 0.6 is 11.3 Å². The molecule has 0 spiro atoms. The summed E-state index contributed by atoms with van der Waals surface area (Å²) in [5.41, 5.74) is 8.48. The number of aromatic nitrogens is 3. The number of alkyl halides is 3. The summed E-state index contributed by atoms with van der Waals surface area (Å²) in [5, 5.41) is 9.02. The Morgan fingerprint density at radius 1 is 1.02 bits per heavy atom. The Kier molecular flexibility index (Phi) is 6.46. The number of fused-ring (bicyclic) bond motifs is 2. The molecule has 1 amide bonds. The van der Waals surface area contributed by atoms with E-state index in [0.717, 1.165) is 39.8 Å². The van der Waals surface area contributed by atoms with Gasteiger partial charge in [0.05, 0.1) is 16.9 Å². The van der Waals surface area contributed by atoms with E-state index in [-0.39, 0.29) is 22.5 Å². The van der Waals surface area contributed by atoms with Crippen molar-refractivity contribution < 1.29 is 27.2 Å². The van der Waals surface area contributed by atoms with Crippen molar-refractivity contribution in [2.75, 3.05) is 11.1 Å². The molecule has 3 N–H and O–H groups in total. The van der Waals surface area contributed by atoms with E-state index in [0.29, 0.717) is 27.0 Å². The molecule has 3 heterocycles. The van der Waals surface area contributed by atoms with Crippen molar-refractivity contribution in [3.8, 4) is 22.4 Å². The van der Waals surface area contributed by atoms with Gasteiger partial charge in [0.15, 0.2) is 6.04 Å². The highest BCUT2D eigenvalue weighted by Crippen LogP contribution is 2.43. The number of thiophene rings is 1. The second-order valence-corrected chi connectivity index (χ2v) is 10.8. The Morgan fingerprint density at radius 2 is 1.76 bits per heavy atom. The van der Waals surface area contributed by atoms with E-state index in [9.17, 15) is 18.0 Å². The van der Waals surface area contributed by atoms with Crippen LogP contribution in [-0.4, -0.2) is 16.2 Å². The van der Waals surface area contributed by atoms with Crippen LogP contribution in [0.15, 0.2) is 83.5 Å². The zero-order valence-corrected chi connectivity index (χ0v) is 22.7. The highest BCUT2D eigenvalue weighted by molar-refractivity contribution is 7.21. The number of pyridine rings is 1. The van der Waals surface area contributed by atoms with Crippen LogP contribution in [0.5, 0.6) is 0 Å². The summed E-state index contributed by atoms with van der Waals surface area (Å²) in [6.45, 7) is 3.83. The fraction of sp³-hybridized carbons (Fsp3) is 0.133. The van der Waals surface area contributed by atoms with Crippen LogP contribution in [-0.2, 0) is 6.18 Å². The number of rotatable bonds is 5. The molecule has 0 radical (unpaired) electrons. The van der Waals surface area contributed by atoms with Crippen molar-refractivity contribution in [1.29, 1.82) is 0 Å². The van der Waals surface area contributed by atoms with Gasteiger partial charge < -0.3 is 5.73 Å². The van der Waals surface area contributed by atoms with Gasteiger partial charge in [-0.15, -0.1) is 11.3 Å². The summed E-state index contributed by atoms with van der Waals surface area (Å²) in [5.74, 6) is -0.365. The predicted octanol–water partition coefficient (Wildman–Crippen LogP) is 7.49. The summed E-state index contributed by atoms with van der Waals surface area (Å²) in [6, 6.07) is 20.4. The average Bonchev–Trinajstić information content (AvgIpc) is 3.56. The maximum absolute atomic E-state index is 13.3. The standard InChI is InChI=1S/C30H22F3N5O2S/c1-16(2)38-15-24(40-37-38)36-28(39)27-26(34)25-22(18-10-12-19(13-11-18)30(31,32)33)14-23(35-29(25)41-27)21-9-5-7-17-6-3-4-8-20(17)21/h3-16H,1-2H3,(H2-,34,36,37,39)/p+1. The zero-order chi connectivity index (χ0) is 28.9. The maximum atomic E-state index is 13.3. The first-order chi connectivity index (χ1) is 19.6. The third kappa shape index (κ3) is 4.89. The molecule has 0 saturated heterocycles. The smallest absolute Gasteiger partial charge is 0.397 e. The minimum absolute atomic E-state index is 0.0294. The van der Waals surface area contributed by atoms with Crippen molar-refractivity contribution in [2.45, 2.75) is 26.1 Å². The highest BCUT2D eigenvalue weighted by Gasteiger charge is 2.30. The van der Waals surface area contributed by atoms with Gasteiger partial charge >= 0.3 is 12.1 Å². The Morgan fingerprint density at radius 3 is 2.46 bits per heavy atom. The Bertz CT molecular complexity index is 1920. The molecule has 11 heteroatoms. The lowest BCUT2D eigenvalue weighted by atomic mass is 9.96. The molecule has 41 heavy (non-hydrogen) atoms. The third-order valence-electron chi connectivity index (χ3n) is 6.74. The number of nitrogens with one attached hydrogen (secondary N) is 1. The summed E-state index contributed by atoms with van der Waals surface area (Å²) in [6.07, 6.45) is -2.90. The molecule has 7 nitrogen and oxygen atoms in total. The van der Waals surface area contributed by atoms with E-state index in [1.54, 1.807) is 16.9 Å². The molecular formula is C30H23F3N5O2S+. The number of halogens is 3. The number of nitrogens with two attached hydrogens (primary N) is 1. The van der Waals surface area contributed by atoms with E-state index in [2.05, 4.69) is 10.6 Å². The number of carbonyl (C=O) groups excluding carboxylic acids is 1. The van der Waals surface area contributed by atoms with E-state index in [4.69, 9.17) is 15.2 Å². The lowest BCUT2D eigenvalue weighted by molar-refractivity contribution is -0.779. The second kappa shape index (κ2) is 10.0. The first kappa shape index (κ1) is 26.5. The van der Waals surface area contributed by atoms with Crippen molar-refractivity contribution in [1.82, 2.24) is 10.3 Å². The Balaban J connectivity index is 1.52. The van der Waals surface area contributed by atoms with Gasteiger partial charge in [0.1, 0.15) is 9.71 Å². The van der Waals surface area contributed by atoms with Gasteiger partial charge in [-0.1, -0.05) is 54.6 Å². The van der Waals surface area contributed by atoms with Crippen LogP contribution in [0.1, 0.15) is 35.1 Å². The lowest BCUT2D eigenvalue weighted by Gasteiger charge is -2.12. The summed E-state index contributed by atoms with van der Waals surface area (Å²) in [4.78, 5) is 18.8. The van der Waals surface area contributed by atoms with E-state index < -0.39 is 17.6 Å². The largest absolute Gasteiger partial charge is 0.416 e. The fourth-order valence-corrected chi connectivity index (χ4v) is 5.68. The molecule has 6 aromatic rings. The van der Waals surface area contributed by atoms with Gasteiger partial charge in [0.25, 0.3) is 12.1 Å². The number of hydrogen-bond acceptors (Lipinski definition) is 6. The highest BCUT2D eigenvalue weighted by atomic mass is 32.1. The van der Waals surface area contributed by atoms with E-state index in [1.165, 1.54) is 12.1 Å². The van der Waals surface area contributed by atoms with E-state index in [1.807, 2.05) is 56.3 Å². The van der Waals surface area contributed by atoms with Crippen molar-refractivity contribution in [2.24, 2.45) is 0 Å². The molecule has 3 aromatic heterocycles. The summed E-state index contributed by atoms with van der Waals surface area (Å²) < 4.78 is 46.7. The topological polar surface area (TPSA) is 97.9 Å². The first-order valence-electron chi connectivity index (χ1n) is 12.7. The first-order valence-corrected chi connectivity index (χ1v) is 13.5. The molecule has 0 fully saturated rings. The SMILES string of the molecule is CC(C)[n+]1cc(NC(=O)c2sc3nc(-c4cccc5ccccc45)cc(-c4ccc(C(F)(F)F)cc4)c3c2N)on1. The average molecular weight is 575 g/mol. The molecule has 0 saturated carbocycles. The second-order valence-electron chi connectivity index (χ2n) is 9.78. The Hall–Kier alpha value is -4.77. The van der Waals surface area contributed by atoms with Crippen molar-refractivity contribution in [3.63, 3.8) is 0 Å². The van der Waals surface area contributed by atoms with Crippen LogP contribution in [0.2, 0.25) is 0 Å². The number of carbonyl (C=O) groups is 1. The van der Waals surface area contributed by atoms with Crippen molar-refractivity contribution >= 4 is 49.8 Å². The lowest BCUT2D eigenvalue weighted by Crippen LogP contribution is -2.36. The number of benzene rings is 3. The van der Waals surface area contributed by atoms with Gasteiger partial charge in [0, 0.05) is 10.9 Å². The van der Waals surface area contributed by atoms with Gasteiger partial charge in [-0.25, -0.2) is 4.98 Å². The molecule has 0 aliphatic heterocycles. The van der Waals surface area contributed by atoms with Crippen LogP contribution in [0, 0.1) is 0 Å². The molecular weight excluding hydrogens is 551 g/mol. The number of anilines is 2. The number of nitrogens with zero attached hydrogens (tertiary/aromatic N) is 3. The molecule has 6 rings (SSSR count). The van der Waals surface area contributed by atoms with Crippen molar-refractivity contribution in [3.05, 3.63) is 89.4 Å². The normalized spacial score (nSPS) is 12.0. The molecule has 0 bridgehead atoms. The van der Waals surface area contributed by atoms with Gasteiger partial charge in [0.2, 0.25) is 5.27 Å². The van der Waals surface area contributed by atoms with Crippen LogP contribution in [0.3, 0.4) is 0 Å². The minimum Gasteiger partial charge on any atom is -0.397 e. The zero-order valence-electron chi connectivity index (χ0n) is 21.9. The number of hydrogen-bond donors (Lipinski definition) is 2. The van der Waals surface area contributed by atoms with Crippen LogP contribution in [0.25, 0.3) is 43.4 Å². The third-order valence-corrected chi connectivity index (χ3v) is 7.84. The molecule has 0 atom stereocenters. The summed E-state index contributed by atoms with van der Waals surface area (Å²) in [7, 11) is 0.